The van der Waals surface area contributed by atoms with Crippen LogP contribution in [0.25, 0.3) is 10.9 Å². The Morgan fingerprint density at radius 2 is 1.77 bits per heavy atom. The Kier molecular flexibility index (Phi) is 4.86. The van der Waals surface area contributed by atoms with E-state index in [4.69, 9.17) is 0 Å². The highest BCUT2D eigenvalue weighted by molar-refractivity contribution is 5.90. The van der Waals surface area contributed by atoms with Gasteiger partial charge in [-0.05, 0) is 49.3 Å². The van der Waals surface area contributed by atoms with Crippen LogP contribution in [0, 0.1) is 5.92 Å². The molecule has 132 valence electrons. The molecule has 2 aromatic heterocycles. The van der Waals surface area contributed by atoms with Gasteiger partial charge in [0, 0.05) is 37.1 Å². The number of hydrogen-bond donors (Lipinski definition) is 0. The minimum absolute atomic E-state index is 0.0573. The standard InChI is InChI=1S/C21H22N4O/c26-21(20-23-11-4-12-24-20)25-13-3-5-16(9-14-25)15-18-7-1-6-17-8-2-10-22-19(17)18/h1-2,4,6-8,10-12,16H,3,5,9,13-15H2. The number of aromatic nitrogens is 3. The average molecular weight is 346 g/mol. The van der Waals surface area contributed by atoms with E-state index in [0.717, 1.165) is 44.3 Å². The zero-order valence-electron chi connectivity index (χ0n) is 14.7. The van der Waals surface area contributed by atoms with Crippen molar-refractivity contribution < 1.29 is 4.79 Å². The van der Waals surface area contributed by atoms with E-state index in [-0.39, 0.29) is 5.91 Å². The van der Waals surface area contributed by atoms with Crippen LogP contribution in [0.1, 0.15) is 35.4 Å². The summed E-state index contributed by atoms with van der Waals surface area (Å²) in [6.07, 6.45) is 9.26. The minimum Gasteiger partial charge on any atom is -0.336 e. The second kappa shape index (κ2) is 7.60. The average Bonchev–Trinajstić information content (AvgIpc) is 2.94. The topological polar surface area (TPSA) is 59.0 Å². The molecule has 0 N–H and O–H groups in total. The Bertz CT molecular complexity index is 891. The van der Waals surface area contributed by atoms with Gasteiger partial charge in [0.2, 0.25) is 5.82 Å². The Morgan fingerprint density at radius 1 is 0.962 bits per heavy atom. The third kappa shape index (κ3) is 3.57. The molecule has 5 nitrogen and oxygen atoms in total. The molecule has 26 heavy (non-hydrogen) atoms. The monoisotopic (exact) mass is 346 g/mol. The maximum absolute atomic E-state index is 12.6. The molecule has 1 unspecified atom stereocenters. The minimum atomic E-state index is -0.0573. The van der Waals surface area contributed by atoms with Crippen molar-refractivity contribution in [2.75, 3.05) is 13.1 Å². The molecule has 0 radical (unpaired) electrons. The van der Waals surface area contributed by atoms with E-state index in [1.807, 2.05) is 17.2 Å². The molecule has 0 spiro atoms. The van der Waals surface area contributed by atoms with Crippen molar-refractivity contribution in [3.05, 3.63) is 66.4 Å². The highest BCUT2D eigenvalue weighted by Crippen LogP contribution is 2.25. The first kappa shape index (κ1) is 16.6. The van der Waals surface area contributed by atoms with Gasteiger partial charge in [-0.1, -0.05) is 24.3 Å². The van der Waals surface area contributed by atoms with Gasteiger partial charge in [0.05, 0.1) is 5.52 Å². The van der Waals surface area contributed by atoms with E-state index in [9.17, 15) is 4.79 Å². The SMILES string of the molecule is O=C(c1ncccn1)N1CCCC(Cc2cccc3cccnc23)CC1. The van der Waals surface area contributed by atoms with Gasteiger partial charge in [-0.25, -0.2) is 9.97 Å². The molecule has 5 heteroatoms. The molecule has 1 amide bonds. The summed E-state index contributed by atoms with van der Waals surface area (Å²) >= 11 is 0. The summed E-state index contributed by atoms with van der Waals surface area (Å²) in [7, 11) is 0. The summed E-state index contributed by atoms with van der Waals surface area (Å²) in [6.45, 7) is 1.54. The number of fused-ring (bicyclic) bond motifs is 1. The van der Waals surface area contributed by atoms with Gasteiger partial charge in [-0.15, -0.1) is 0 Å². The van der Waals surface area contributed by atoms with Crippen LogP contribution in [0.5, 0.6) is 0 Å². The number of nitrogens with zero attached hydrogens (tertiary/aromatic N) is 4. The normalized spacial score (nSPS) is 17.8. The maximum atomic E-state index is 12.6. The molecule has 1 aliphatic rings. The second-order valence-electron chi connectivity index (χ2n) is 6.86. The summed E-state index contributed by atoms with van der Waals surface area (Å²) in [5.74, 6) is 0.805. The molecular weight excluding hydrogens is 324 g/mol. The molecule has 1 aromatic carbocycles. The highest BCUT2D eigenvalue weighted by Gasteiger charge is 2.23. The molecule has 0 bridgehead atoms. The second-order valence-corrected chi connectivity index (χ2v) is 6.86. The first-order valence-corrected chi connectivity index (χ1v) is 9.20. The Balaban J connectivity index is 1.45. The first-order chi connectivity index (χ1) is 12.8. The number of pyridine rings is 1. The van der Waals surface area contributed by atoms with Crippen molar-refractivity contribution in [2.45, 2.75) is 25.7 Å². The fraction of sp³-hybridized carbons (Fsp3) is 0.333. The van der Waals surface area contributed by atoms with E-state index in [2.05, 4.69) is 39.2 Å². The zero-order chi connectivity index (χ0) is 17.8. The Morgan fingerprint density at radius 3 is 2.65 bits per heavy atom. The summed E-state index contributed by atoms with van der Waals surface area (Å²) in [4.78, 5) is 27.2. The van der Waals surface area contributed by atoms with Crippen molar-refractivity contribution in [3.8, 4) is 0 Å². The predicted molar refractivity (Wildman–Crippen MR) is 101 cm³/mol. The van der Waals surface area contributed by atoms with Crippen LogP contribution < -0.4 is 0 Å². The van der Waals surface area contributed by atoms with Crippen molar-refractivity contribution in [1.82, 2.24) is 19.9 Å². The van der Waals surface area contributed by atoms with Gasteiger partial charge in [-0.2, -0.15) is 0 Å². The van der Waals surface area contributed by atoms with E-state index in [1.54, 1.807) is 18.5 Å². The molecule has 0 aliphatic carbocycles. The van der Waals surface area contributed by atoms with Gasteiger partial charge in [0.15, 0.2) is 0 Å². The molecule has 3 heterocycles. The lowest BCUT2D eigenvalue weighted by molar-refractivity contribution is 0.0747. The third-order valence-corrected chi connectivity index (χ3v) is 5.12. The molecule has 3 aromatic rings. The van der Waals surface area contributed by atoms with Crippen LogP contribution in [0.3, 0.4) is 0 Å². The van der Waals surface area contributed by atoms with Gasteiger partial charge >= 0.3 is 0 Å². The lowest BCUT2D eigenvalue weighted by atomic mass is 9.91. The maximum Gasteiger partial charge on any atom is 0.291 e. The molecule has 1 atom stereocenters. The zero-order valence-corrected chi connectivity index (χ0v) is 14.7. The van der Waals surface area contributed by atoms with Crippen LogP contribution in [0.4, 0.5) is 0 Å². The van der Waals surface area contributed by atoms with Crippen LogP contribution in [-0.2, 0) is 6.42 Å². The molecule has 4 rings (SSSR count). The van der Waals surface area contributed by atoms with E-state index in [0.29, 0.717) is 11.7 Å². The number of para-hydroxylation sites is 1. The number of likely N-dealkylation sites (tertiary alicyclic amines) is 1. The number of carbonyl (C=O) groups is 1. The lowest BCUT2D eigenvalue weighted by Gasteiger charge is -2.19. The van der Waals surface area contributed by atoms with Crippen LogP contribution in [-0.4, -0.2) is 38.8 Å². The number of rotatable bonds is 3. The summed E-state index contributed by atoms with van der Waals surface area (Å²) in [5.41, 5.74) is 2.41. The van der Waals surface area contributed by atoms with Crippen molar-refractivity contribution in [3.63, 3.8) is 0 Å². The molecule has 0 saturated carbocycles. The predicted octanol–water partition coefficient (Wildman–Crippen LogP) is 3.51. The number of benzene rings is 1. The summed E-state index contributed by atoms with van der Waals surface area (Å²) < 4.78 is 0. The smallest absolute Gasteiger partial charge is 0.291 e. The number of carbonyl (C=O) groups excluding carboxylic acids is 1. The first-order valence-electron chi connectivity index (χ1n) is 9.20. The number of hydrogen-bond acceptors (Lipinski definition) is 4. The Hall–Kier alpha value is -2.82. The Labute approximate surface area is 153 Å². The fourth-order valence-electron chi connectivity index (χ4n) is 3.77. The molecule has 1 fully saturated rings. The quantitative estimate of drug-likeness (QED) is 0.728. The summed E-state index contributed by atoms with van der Waals surface area (Å²) in [5, 5.41) is 1.19. The lowest BCUT2D eigenvalue weighted by Crippen LogP contribution is -2.33. The molecule has 1 aliphatic heterocycles. The molecular formula is C21H22N4O. The van der Waals surface area contributed by atoms with E-state index < -0.39 is 0 Å². The van der Waals surface area contributed by atoms with Crippen LogP contribution in [0.15, 0.2) is 55.0 Å². The largest absolute Gasteiger partial charge is 0.336 e. The third-order valence-electron chi connectivity index (χ3n) is 5.12. The van der Waals surface area contributed by atoms with E-state index in [1.165, 1.54) is 10.9 Å². The van der Waals surface area contributed by atoms with Crippen molar-refractivity contribution >= 4 is 16.8 Å². The van der Waals surface area contributed by atoms with Crippen LogP contribution >= 0.6 is 0 Å². The summed E-state index contributed by atoms with van der Waals surface area (Å²) in [6, 6.07) is 12.2. The van der Waals surface area contributed by atoms with Gasteiger partial charge in [-0.3, -0.25) is 9.78 Å². The highest BCUT2D eigenvalue weighted by atomic mass is 16.2. The fourth-order valence-corrected chi connectivity index (χ4v) is 3.77. The molecule has 1 saturated heterocycles. The van der Waals surface area contributed by atoms with Gasteiger partial charge in [0.1, 0.15) is 0 Å². The van der Waals surface area contributed by atoms with Gasteiger partial charge < -0.3 is 4.90 Å². The number of amides is 1. The van der Waals surface area contributed by atoms with Crippen molar-refractivity contribution in [2.24, 2.45) is 5.92 Å². The van der Waals surface area contributed by atoms with Gasteiger partial charge in [0.25, 0.3) is 5.91 Å². The van der Waals surface area contributed by atoms with Crippen molar-refractivity contribution in [1.29, 1.82) is 0 Å². The van der Waals surface area contributed by atoms with E-state index >= 15 is 0 Å². The van der Waals surface area contributed by atoms with Crippen LogP contribution in [0.2, 0.25) is 0 Å².